The molecule has 2 atom stereocenters. The number of alkyl halides is 3. The summed E-state index contributed by atoms with van der Waals surface area (Å²) < 4.78 is 61.1. The largest absolute Gasteiger partial charge is 0.416 e. The van der Waals surface area contributed by atoms with Crippen molar-refractivity contribution in [2.75, 3.05) is 11.9 Å². The average Bonchev–Trinajstić information content (AvgIpc) is 3.22. The Morgan fingerprint density at radius 3 is 2.42 bits per heavy atom. The number of nitrogens with two attached hydrogens (primary N) is 1. The number of hydrogen-bond donors (Lipinski definition) is 1. The lowest BCUT2D eigenvalue weighted by molar-refractivity contribution is -0.137. The lowest BCUT2D eigenvalue weighted by Crippen LogP contribution is -2.33. The van der Waals surface area contributed by atoms with Gasteiger partial charge in [-0.05, 0) is 30.5 Å². The van der Waals surface area contributed by atoms with Crippen molar-refractivity contribution in [2.45, 2.75) is 41.6 Å². The number of halogens is 3. The Bertz CT molecular complexity index is 879. The molecule has 0 spiro atoms. The molecule has 2 aromatic rings. The number of hydrogen-bond acceptors (Lipinski definition) is 5. The minimum absolute atomic E-state index is 0.0107. The molecule has 1 aromatic heterocycles. The zero-order valence-electron chi connectivity index (χ0n) is 13.9. The molecule has 1 aromatic carbocycles. The molecule has 0 unspecified atom stereocenters. The van der Waals surface area contributed by atoms with Crippen molar-refractivity contribution in [3.8, 4) is 0 Å². The van der Waals surface area contributed by atoms with Crippen molar-refractivity contribution >= 4 is 26.5 Å². The predicted molar refractivity (Wildman–Crippen MR) is 93.7 cm³/mol. The van der Waals surface area contributed by atoms with Crippen LogP contribution in [0.15, 0.2) is 34.7 Å². The van der Waals surface area contributed by atoms with E-state index in [0.29, 0.717) is 5.13 Å². The molecule has 0 amide bonds. The number of anilines is 1. The van der Waals surface area contributed by atoms with Crippen molar-refractivity contribution in [2.24, 2.45) is 5.14 Å². The Morgan fingerprint density at radius 2 is 1.88 bits per heavy atom. The fourth-order valence-electron chi connectivity index (χ4n) is 3.40. The first-order chi connectivity index (χ1) is 12.1. The molecule has 3 rings (SSSR count). The quantitative estimate of drug-likeness (QED) is 0.844. The van der Waals surface area contributed by atoms with Gasteiger partial charge in [-0.3, -0.25) is 0 Å². The number of primary sulfonamides is 1. The minimum atomic E-state index is -4.35. The van der Waals surface area contributed by atoms with Crippen LogP contribution in [-0.4, -0.2) is 26.5 Å². The van der Waals surface area contributed by atoms with E-state index in [1.807, 2.05) is 11.9 Å². The van der Waals surface area contributed by atoms with E-state index in [0.717, 1.165) is 48.3 Å². The third kappa shape index (κ3) is 3.86. The molecular weight excluding hydrogens is 387 g/mol. The number of thiazole rings is 1. The van der Waals surface area contributed by atoms with E-state index in [1.165, 1.54) is 18.3 Å². The summed E-state index contributed by atoms with van der Waals surface area (Å²) in [6.45, 7) is 0. The number of sulfonamides is 1. The molecule has 1 aliphatic rings. The summed E-state index contributed by atoms with van der Waals surface area (Å²) in [7, 11) is -1.98. The Kier molecular flexibility index (Phi) is 5.02. The van der Waals surface area contributed by atoms with Crippen LogP contribution >= 0.6 is 11.3 Å². The van der Waals surface area contributed by atoms with E-state index in [2.05, 4.69) is 4.98 Å². The van der Waals surface area contributed by atoms with Gasteiger partial charge in [-0.1, -0.05) is 29.9 Å². The SMILES string of the molecule is CN(c1ncc(S(N)(=O)=O)s1)[C@@H]1CCC[C@H]1c1ccc(C(F)(F)F)cc1. The van der Waals surface area contributed by atoms with Crippen LogP contribution in [0.1, 0.15) is 36.3 Å². The summed E-state index contributed by atoms with van der Waals surface area (Å²) in [4.78, 5) is 6.04. The minimum Gasteiger partial charge on any atom is -0.348 e. The van der Waals surface area contributed by atoms with Gasteiger partial charge >= 0.3 is 6.18 Å². The zero-order chi connectivity index (χ0) is 19.1. The van der Waals surface area contributed by atoms with Crippen LogP contribution in [-0.2, 0) is 16.2 Å². The van der Waals surface area contributed by atoms with Crippen LogP contribution in [0.4, 0.5) is 18.3 Å². The highest BCUT2D eigenvalue weighted by Gasteiger charge is 2.34. The van der Waals surface area contributed by atoms with Gasteiger partial charge in [-0.25, -0.2) is 18.5 Å². The molecule has 1 aliphatic carbocycles. The number of aromatic nitrogens is 1. The van der Waals surface area contributed by atoms with Crippen LogP contribution in [0.25, 0.3) is 0 Å². The summed E-state index contributed by atoms with van der Waals surface area (Å²) >= 11 is 0.991. The molecule has 1 saturated carbocycles. The van der Waals surface area contributed by atoms with Crippen LogP contribution in [0.2, 0.25) is 0 Å². The Hall–Kier alpha value is -1.65. The summed E-state index contributed by atoms with van der Waals surface area (Å²) in [6.07, 6.45) is -0.474. The van der Waals surface area contributed by atoms with E-state index in [-0.39, 0.29) is 16.2 Å². The van der Waals surface area contributed by atoms with Crippen molar-refractivity contribution in [1.82, 2.24) is 4.98 Å². The molecule has 10 heteroatoms. The highest BCUT2D eigenvalue weighted by atomic mass is 32.2. The van der Waals surface area contributed by atoms with Crippen molar-refractivity contribution in [3.63, 3.8) is 0 Å². The van der Waals surface area contributed by atoms with Gasteiger partial charge in [0.05, 0.1) is 11.8 Å². The maximum absolute atomic E-state index is 12.7. The summed E-state index contributed by atoms with van der Waals surface area (Å²) in [5.41, 5.74) is 0.178. The van der Waals surface area contributed by atoms with Crippen molar-refractivity contribution in [3.05, 3.63) is 41.6 Å². The topological polar surface area (TPSA) is 76.3 Å². The van der Waals surface area contributed by atoms with Gasteiger partial charge in [0, 0.05) is 19.0 Å². The van der Waals surface area contributed by atoms with Crippen LogP contribution in [0.5, 0.6) is 0 Å². The number of rotatable bonds is 4. The predicted octanol–water partition coefficient (Wildman–Crippen LogP) is 3.58. The molecule has 0 radical (unpaired) electrons. The van der Waals surface area contributed by atoms with Crippen LogP contribution < -0.4 is 10.0 Å². The van der Waals surface area contributed by atoms with Gasteiger partial charge in [0.25, 0.3) is 0 Å². The van der Waals surface area contributed by atoms with Gasteiger partial charge < -0.3 is 4.90 Å². The maximum atomic E-state index is 12.7. The Labute approximate surface area is 153 Å². The molecule has 142 valence electrons. The van der Waals surface area contributed by atoms with Crippen LogP contribution in [0.3, 0.4) is 0 Å². The third-order valence-electron chi connectivity index (χ3n) is 4.70. The second-order valence-corrected chi connectivity index (χ2v) is 9.14. The maximum Gasteiger partial charge on any atom is 0.416 e. The molecule has 26 heavy (non-hydrogen) atoms. The normalized spacial score (nSPS) is 21.1. The average molecular weight is 405 g/mol. The summed E-state index contributed by atoms with van der Waals surface area (Å²) in [5.74, 6) is 0.0594. The van der Waals surface area contributed by atoms with Gasteiger partial charge in [0.1, 0.15) is 0 Å². The summed E-state index contributed by atoms with van der Waals surface area (Å²) in [6, 6.07) is 5.29. The smallest absolute Gasteiger partial charge is 0.348 e. The van der Waals surface area contributed by atoms with E-state index < -0.39 is 21.8 Å². The highest BCUT2D eigenvalue weighted by molar-refractivity contribution is 7.91. The fraction of sp³-hybridized carbons (Fsp3) is 0.438. The van der Waals surface area contributed by atoms with Crippen LogP contribution in [0, 0.1) is 0 Å². The first-order valence-corrected chi connectivity index (χ1v) is 10.3. The first kappa shape index (κ1) is 19.1. The molecular formula is C16H18F3N3O2S2. The second-order valence-electron chi connectivity index (χ2n) is 6.34. The first-order valence-electron chi connectivity index (χ1n) is 7.96. The molecule has 0 aliphatic heterocycles. The number of benzene rings is 1. The highest BCUT2D eigenvalue weighted by Crippen LogP contribution is 2.41. The Balaban J connectivity index is 1.82. The molecule has 0 bridgehead atoms. The monoisotopic (exact) mass is 405 g/mol. The standard InChI is InChI=1S/C16H18F3N3O2S2/c1-22(15-21-9-14(25-15)26(20,23)24)13-4-2-3-12(13)10-5-7-11(8-6-10)16(17,18)19/h5-9,12-13H,2-4H2,1H3,(H2,20,23,24)/t12-,13+/m0/s1. The zero-order valence-corrected chi connectivity index (χ0v) is 15.5. The fourth-order valence-corrected chi connectivity index (χ4v) is 4.96. The van der Waals surface area contributed by atoms with E-state index in [4.69, 9.17) is 5.14 Å². The van der Waals surface area contributed by atoms with Gasteiger partial charge in [0.15, 0.2) is 9.34 Å². The third-order valence-corrected chi connectivity index (χ3v) is 7.19. The number of likely N-dealkylation sites (N-methyl/N-ethyl adjacent to an activating group) is 1. The van der Waals surface area contributed by atoms with Gasteiger partial charge in [-0.2, -0.15) is 13.2 Å². The lowest BCUT2D eigenvalue weighted by atomic mass is 9.92. The van der Waals surface area contributed by atoms with Crippen molar-refractivity contribution < 1.29 is 21.6 Å². The van der Waals surface area contributed by atoms with Crippen molar-refractivity contribution in [1.29, 1.82) is 0 Å². The molecule has 1 heterocycles. The number of nitrogens with zero attached hydrogens (tertiary/aromatic N) is 2. The van der Waals surface area contributed by atoms with Gasteiger partial charge in [0.2, 0.25) is 10.0 Å². The lowest BCUT2D eigenvalue weighted by Gasteiger charge is -2.30. The molecule has 2 N–H and O–H groups in total. The molecule has 1 fully saturated rings. The molecule has 5 nitrogen and oxygen atoms in total. The Morgan fingerprint density at radius 1 is 1.23 bits per heavy atom. The van der Waals surface area contributed by atoms with E-state index in [1.54, 1.807) is 0 Å². The van der Waals surface area contributed by atoms with E-state index in [9.17, 15) is 21.6 Å². The molecule has 0 saturated heterocycles. The van der Waals surface area contributed by atoms with E-state index >= 15 is 0 Å². The van der Waals surface area contributed by atoms with Gasteiger partial charge in [-0.15, -0.1) is 0 Å². The summed E-state index contributed by atoms with van der Waals surface area (Å²) in [5, 5.41) is 5.65. The second kappa shape index (κ2) is 6.82.